The molecule has 4 aliphatic rings. The fraction of sp³-hybridized carbons (Fsp3) is 0.682. The maximum absolute atomic E-state index is 14.2. The van der Waals surface area contributed by atoms with E-state index in [-0.39, 0.29) is 23.1 Å². The molecule has 3 saturated heterocycles. The van der Waals surface area contributed by atoms with Gasteiger partial charge < -0.3 is 9.64 Å². The maximum atomic E-state index is 14.2. The molecule has 28 heavy (non-hydrogen) atoms. The number of carbonyl (C=O) groups excluding carboxylic acids is 1. The number of piperazine rings is 1. The molecule has 0 N–H and O–H groups in total. The largest absolute Gasteiger partial charge is 0.378 e. The van der Waals surface area contributed by atoms with Crippen LogP contribution in [-0.2, 0) is 4.74 Å². The quantitative estimate of drug-likeness (QED) is 0.781. The standard InChI is InChI=1S/C22H30FN3O2/c23-20-9-5-4-8-19(20)21(27)24-12-18-13-28-11-10-26(18)22(14-24)15-25(16-22)17-6-2-1-3-7-17/h4-5,8-9,17-18H,1-3,6-7,10-16H2. The number of nitrogens with zero attached hydrogens (tertiary/aromatic N) is 3. The number of fused-ring (bicyclic) bond motifs is 2. The Bertz CT molecular complexity index is 730. The van der Waals surface area contributed by atoms with Gasteiger partial charge in [0.2, 0.25) is 0 Å². The summed E-state index contributed by atoms with van der Waals surface area (Å²) in [6.45, 7) is 5.72. The lowest BCUT2D eigenvalue weighted by Crippen LogP contribution is -2.81. The van der Waals surface area contributed by atoms with Crippen molar-refractivity contribution in [1.29, 1.82) is 0 Å². The third kappa shape index (κ3) is 3.15. The first-order valence-electron chi connectivity index (χ1n) is 10.8. The van der Waals surface area contributed by atoms with E-state index in [0.29, 0.717) is 25.7 Å². The van der Waals surface area contributed by atoms with Crippen LogP contribution in [0, 0.1) is 5.82 Å². The van der Waals surface area contributed by atoms with Gasteiger partial charge in [0.05, 0.1) is 30.4 Å². The van der Waals surface area contributed by atoms with E-state index < -0.39 is 5.82 Å². The molecule has 1 aliphatic carbocycles. The van der Waals surface area contributed by atoms with Crippen LogP contribution in [-0.4, -0.2) is 84.2 Å². The Balaban J connectivity index is 1.36. The zero-order valence-corrected chi connectivity index (χ0v) is 16.5. The first kappa shape index (κ1) is 18.5. The molecular formula is C22H30FN3O2. The van der Waals surface area contributed by atoms with Crippen LogP contribution in [0.5, 0.6) is 0 Å². The van der Waals surface area contributed by atoms with Crippen molar-refractivity contribution in [3.8, 4) is 0 Å². The van der Waals surface area contributed by atoms with Crippen molar-refractivity contribution in [3.63, 3.8) is 0 Å². The van der Waals surface area contributed by atoms with Gasteiger partial charge in [-0.1, -0.05) is 31.4 Å². The van der Waals surface area contributed by atoms with Gasteiger partial charge >= 0.3 is 0 Å². The SMILES string of the molecule is O=C(c1ccccc1F)N1CC2COCCN2C2(C1)CN(C1CCCCC1)C2. The van der Waals surface area contributed by atoms with Crippen molar-refractivity contribution in [2.24, 2.45) is 0 Å². The summed E-state index contributed by atoms with van der Waals surface area (Å²) in [5.41, 5.74) is 0.191. The van der Waals surface area contributed by atoms with Crippen molar-refractivity contribution in [2.75, 3.05) is 45.9 Å². The summed E-state index contributed by atoms with van der Waals surface area (Å²) in [7, 11) is 0. The minimum Gasteiger partial charge on any atom is -0.378 e. The van der Waals surface area contributed by atoms with Crippen LogP contribution in [0.2, 0.25) is 0 Å². The van der Waals surface area contributed by atoms with Crippen LogP contribution in [0.4, 0.5) is 4.39 Å². The van der Waals surface area contributed by atoms with E-state index in [4.69, 9.17) is 4.74 Å². The molecule has 1 spiro atoms. The minimum atomic E-state index is -0.429. The van der Waals surface area contributed by atoms with Crippen molar-refractivity contribution in [3.05, 3.63) is 35.6 Å². The number of carbonyl (C=O) groups is 1. The monoisotopic (exact) mass is 387 g/mol. The molecular weight excluding hydrogens is 357 g/mol. The van der Waals surface area contributed by atoms with E-state index >= 15 is 0 Å². The highest BCUT2D eigenvalue weighted by atomic mass is 19.1. The van der Waals surface area contributed by atoms with Gasteiger partial charge in [0, 0.05) is 38.8 Å². The van der Waals surface area contributed by atoms with E-state index in [0.717, 1.165) is 26.2 Å². The highest BCUT2D eigenvalue weighted by molar-refractivity contribution is 5.94. The summed E-state index contributed by atoms with van der Waals surface area (Å²) in [6, 6.07) is 7.26. The predicted molar refractivity (Wildman–Crippen MR) is 105 cm³/mol. The third-order valence-corrected chi connectivity index (χ3v) is 7.23. The summed E-state index contributed by atoms with van der Waals surface area (Å²) >= 11 is 0. The van der Waals surface area contributed by atoms with Gasteiger partial charge in [0.15, 0.2) is 0 Å². The molecule has 1 amide bonds. The first-order valence-corrected chi connectivity index (χ1v) is 10.8. The van der Waals surface area contributed by atoms with E-state index in [1.54, 1.807) is 18.2 Å². The summed E-state index contributed by atoms with van der Waals surface area (Å²) in [6.07, 6.45) is 6.66. The number of morpholine rings is 1. The first-order chi connectivity index (χ1) is 13.7. The van der Waals surface area contributed by atoms with Crippen LogP contribution in [0.1, 0.15) is 42.5 Å². The van der Waals surface area contributed by atoms with E-state index in [1.165, 1.54) is 38.2 Å². The number of ether oxygens (including phenoxy) is 1. The highest BCUT2D eigenvalue weighted by Gasteiger charge is 2.56. The summed E-state index contributed by atoms with van der Waals surface area (Å²) in [5, 5.41) is 0. The molecule has 0 radical (unpaired) electrons. The van der Waals surface area contributed by atoms with Crippen LogP contribution in [0.25, 0.3) is 0 Å². The fourth-order valence-corrected chi connectivity index (χ4v) is 5.85. The number of likely N-dealkylation sites (tertiary alicyclic amines) is 1. The number of benzene rings is 1. The number of hydrogen-bond donors (Lipinski definition) is 0. The van der Waals surface area contributed by atoms with Crippen LogP contribution >= 0.6 is 0 Å². The molecule has 5 nitrogen and oxygen atoms in total. The molecule has 3 aliphatic heterocycles. The predicted octanol–water partition coefficient (Wildman–Crippen LogP) is 2.37. The molecule has 6 heteroatoms. The number of halogens is 1. The van der Waals surface area contributed by atoms with Gasteiger partial charge in [-0.2, -0.15) is 0 Å². The molecule has 1 atom stereocenters. The lowest BCUT2D eigenvalue weighted by atomic mass is 9.79. The Morgan fingerprint density at radius 1 is 1.07 bits per heavy atom. The summed E-state index contributed by atoms with van der Waals surface area (Å²) in [4.78, 5) is 20.2. The molecule has 0 bridgehead atoms. The molecule has 3 heterocycles. The van der Waals surface area contributed by atoms with E-state index in [2.05, 4.69) is 9.80 Å². The number of hydrogen-bond acceptors (Lipinski definition) is 4. The molecule has 1 unspecified atom stereocenters. The molecule has 1 aromatic carbocycles. The molecule has 1 saturated carbocycles. The zero-order valence-electron chi connectivity index (χ0n) is 16.5. The van der Waals surface area contributed by atoms with Crippen molar-refractivity contribution < 1.29 is 13.9 Å². The second-order valence-electron chi connectivity index (χ2n) is 9.01. The Morgan fingerprint density at radius 2 is 1.86 bits per heavy atom. The Morgan fingerprint density at radius 3 is 2.64 bits per heavy atom. The summed E-state index contributed by atoms with van der Waals surface area (Å²) in [5.74, 6) is -0.611. The summed E-state index contributed by atoms with van der Waals surface area (Å²) < 4.78 is 20.0. The molecule has 1 aromatic rings. The van der Waals surface area contributed by atoms with Gasteiger partial charge in [-0.15, -0.1) is 0 Å². The Kier molecular flexibility index (Phi) is 4.89. The molecule has 0 aromatic heterocycles. The van der Waals surface area contributed by atoms with E-state index in [9.17, 15) is 9.18 Å². The minimum absolute atomic E-state index is 0.00502. The topological polar surface area (TPSA) is 36.0 Å². The second kappa shape index (κ2) is 7.39. The molecule has 4 fully saturated rings. The van der Waals surface area contributed by atoms with Gasteiger partial charge in [0.1, 0.15) is 5.82 Å². The maximum Gasteiger partial charge on any atom is 0.256 e. The highest BCUT2D eigenvalue weighted by Crippen LogP contribution is 2.39. The average Bonchev–Trinajstić information content (AvgIpc) is 2.71. The van der Waals surface area contributed by atoms with Crippen molar-refractivity contribution >= 4 is 5.91 Å². The van der Waals surface area contributed by atoms with Crippen LogP contribution in [0.15, 0.2) is 24.3 Å². The Hall–Kier alpha value is -1.50. The lowest BCUT2D eigenvalue weighted by Gasteiger charge is -2.64. The zero-order chi connectivity index (χ0) is 19.1. The average molecular weight is 387 g/mol. The van der Waals surface area contributed by atoms with Gasteiger partial charge in [-0.25, -0.2) is 4.39 Å². The Labute approximate surface area is 166 Å². The normalized spacial score (nSPS) is 28.8. The second-order valence-corrected chi connectivity index (χ2v) is 9.01. The van der Waals surface area contributed by atoms with Crippen molar-refractivity contribution in [2.45, 2.75) is 49.7 Å². The van der Waals surface area contributed by atoms with Gasteiger partial charge in [-0.3, -0.25) is 14.6 Å². The van der Waals surface area contributed by atoms with Crippen LogP contribution < -0.4 is 0 Å². The van der Waals surface area contributed by atoms with Gasteiger partial charge in [0.25, 0.3) is 5.91 Å². The molecule has 152 valence electrons. The van der Waals surface area contributed by atoms with Crippen molar-refractivity contribution in [1.82, 2.24) is 14.7 Å². The smallest absolute Gasteiger partial charge is 0.256 e. The number of amides is 1. The van der Waals surface area contributed by atoms with Crippen LogP contribution in [0.3, 0.4) is 0 Å². The fourth-order valence-electron chi connectivity index (χ4n) is 5.85. The molecule has 5 rings (SSSR count). The lowest BCUT2D eigenvalue weighted by molar-refractivity contribution is -0.168. The third-order valence-electron chi connectivity index (χ3n) is 7.23. The number of rotatable bonds is 2. The van der Waals surface area contributed by atoms with Gasteiger partial charge in [-0.05, 0) is 25.0 Å². The van der Waals surface area contributed by atoms with E-state index in [1.807, 2.05) is 4.90 Å².